The maximum Gasteiger partial charge on any atom is 0.421 e. The molecule has 0 spiro atoms. The van der Waals surface area contributed by atoms with Crippen LogP contribution in [0.5, 0.6) is 0 Å². The van der Waals surface area contributed by atoms with Gasteiger partial charge in [0.25, 0.3) is 0 Å². The third-order valence-electron chi connectivity index (χ3n) is 2.20. The van der Waals surface area contributed by atoms with E-state index in [0.29, 0.717) is 13.0 Å². The number of hydrogen-bond donors (Lipinski definition) is 3. The summed E-state index contributed by atoms with van der Waals surface area (Å²) in [5.74, 6) is 0.00836. The van der Waals surface area contributed by atoms with Gasteiger partial charge in [-0.3, -0.25) is 10.2 Å². The summed E-state index contributed by atoms with van der Waals surface area (Å²) >= 11 is 0. The number of hydrogen-bond acceptors (Lipinski definition) is 4. The fourth-order valence-electron chi connectivity index (χ4n) is 1.50. The zero-order valence-corrected chi connectivity index (χ0v) is 9.71. The summed E-state index contributed by atoms with van der Waals surface area (Å²) in [7, 11) is 0. The fraction of sp³-hybridized carbons (Fsp3) is 0.800. The fourth-order valence-corrected chi connectivity index (χ4v) is 1.50. The van der Waals surface area contributed by atoms with E-state index < -0.39 is 6.09 Å². The third kappa shape index (κ3) is 4.97. The Morgan fingerprint density at radius 3 is 3.00 bits per heavy atom. The van der Waals surface area contributed by atoms with E-state index in [1.807, 2.05) is 0 Å². The molecule has 1 atom stereocenters. The molecule has 0 aromatic rings. The van der Waals surface area contributed by atoms with Crippen LogP contribution in [0, 0.1) is 0 Å². The van der Waals surface area contributed by atoms with Gasteiger partial charge in [0.15, 0.2) is 0 Å². The molecule has 0 saturated carbocycles. The molecular weight excluding hydrogens is 210 g/mol. The summed E-state index contributed by atoms with van der Waals surface area (Å²) in [5, 5.41) is 2.77. The summed E-state index contributed by atoms with van der Waals surface area (Å²) in [6.45, 7) is 4.25. The lowest BCUT2D eigenvalue weighted by Crippen LogP contribution is -2.46. The molecule has 1 aliphatic heterocycles. The molecule has 0 aliphatic carbocycles. The molecule has 92 valence electrons. The zero-order chi connectivity index (χ0) is 12.0. The monoisotopic (exact) mass is 229 g/mol. The number of amides is 2. The molecule has 0 aromatic heterocycles. The number of carbonyl (C=O) groups is 2. The molecule has 1 fully saturated rings. The van der Waals surface area contributed by atoms with E-state index >= 15 is 0 Å². The van der Waals surface area contributed by atoms with Crippen LogP contribution in [0.3, 0.4) is 0 Å². The van der Waals surface area contributed by atoms with Gasteiger partial charge in [-0.1, -0.05) is 0 Å². The van der Waals surface area contributed by atoms with Crippen molar-refractivity contribution in [1.29, 1.82) is 0 Å². The predicted molar refractivity (Wildman–Crippen MR) is 58.5 cm³/mol. The lowest BCUT2D eigenvalue weighted by Gasteiger charge is -2.16. The first-order chi connectivity index (χ1) is 7.58. The molecule has 0 radical (unpaired) electrons. The minimum atomic E-state index is -0.514. The smallest absolute Gasteiger partial charge is 0.421 e. The summed E-state index contributed by atoms with van der Waals surface area (Å²) in [5.41, 5.74) is 5.25. The van der Waals surface area contributed by atoms with Gasteiger partial charge in [-0.05, 0) is 26.7 Å². The maximum atomic E-state index is 11.2. The van der Waals surface area contributed by atoms with Gasteiger partial charge >= 0.3 is 6.09 Å². The van der Waals surface area contributed by atoms with Crippen molar-refractivity contribution in [3.05, 3.63) is 0 Å². The van der Waals surface area contributed by atoms with Crippen LogP contribution >= 0.6 is 0 Å². The van der Waals surface area contributed by atoms with Crippen molar-refractivity contribution in [3.63, 3.8) is 0 Å². The topological polar surface area (TPSA) is 79.5 Å². The van der Waals surface area contributed by atoms with Crippen LogP contribution in [0.15, 0.2) is 0 Å². The minimum Gasteiger partial charge on any atom is -0.446 e. The Morgan fingerprint density at radius 1 is 1.56 bits per heavy atom. The molecule has 16 heavy (non-hydrogen) atoms. The van der Waals surface area contributed by atoms with Gasteiger partial charge < -0.3 is 10.1 Å². The highest BCUT2D eigenvalue weighted by atomic mass is 16.6. The minimum absolute atomic E-state index is 0.00836. The van der Waals surface area contributed by atoms with Crippen LogP contribution in [0.25, 0.3) is 0 Å². The Balaban J connectivity index is 2.25. The number of hydrazine groups is 1. The summed E-state index contributed by atoms with van der Waals surface area (Å²) < 4.78 is 4.89. The first-order valence-corrected chi connectivity index (χ1v) is 5.57. The van der Waals surface area contributed by atoms with Gasteiger partial charge in [-0.15, -0.1) is 0 Å². The van der Waals surface area contributed by atoms with Gasteiger partial charge in [0, 0.05) is 19.0 Å². The Bertz CT molecular complexity index is 256. The molecular formula is C10H19N3O3. The van der Waals surface area contributed by atoms with Gasteiger partial charge in [-0.25, -0.2) is 10.2 Å². The molecule has 1 saturated heterocycles. The van der Waals surface area contributed by atoms with E-state index in [1.165, 1.54) is 0 Å². The van der Waals surface area contributed by atoms with E-state index in [2.05, 4.69) is 16.2 Å². The highest BCUT2D eigenvalue weighted by Crippen LogP contribution is 2.04. The number of rotatable bonds is 3. The molecule has 1 heterocycles. The Morgan fingerprint density at radius 2 is 2.31 bits per heavy atom. The number of ether oxygens (including phenoxy) is 1. The second-order valence-electron chi connectivity index (χ2n) is 4.12. The van der Waals surface area contributed by atoms with E-state index in [1.54, 1.807) is 13.8 Å². The normalized spacial score (nSPS) is 21.2. The Kier molecular flexibility index (Phi) is 5.04. The quantitative estimate of drug-likeness (QED) is 0.608. The van der Waals surface area contributed by atoms with Crippen molar-refractivity contribution in [1.82, 2.24) is 16.2 Å². The first kappa shape index (κ1) is 12.8. The highest BCUT2D eigenvalue weighted by Gasteiger charge is 2.17. The molecule has 1 rings (SSSR count). The largest absolute Gasteiger partial charge is 0.446 e. The van der Waals surface area contributed by atoms with Crippen molar-refractivity contribution in [2.24, 2.45) is 0 Å². The van der Waals surface area contributed by atoms with Crippen LogP contribution in [-0.4, -0.2) is 30.7 Å². The Labute approximate surface area is 95.1 Å². The molecule has 0 bridgehead atoms. The molecule has 1 aliphatic rings. The zero-order valence-electron chi connectivity index (χ0n) is 9.71. The van der Waals surface area contributed by atoms with Crippen LogP contribution in [-0.2, 0) is 9.53 Å². The number of nitrogens with one attached hydrogen (secondary N) is 3. The van der Waals surface area contributed by atoms with Gasteiger partial charge in [0.05, 0.1) is 6.10 Å². The van der Waals surface area contributed by atoms with Crippen molar-refractivity contribution in [3.8, 4) is 0 Å². The summed E-state index contributed by atoms with van der Waals surface area (Å²) in [4.78, 5) is 22.4. The Hall–Kier alpha value is -1.30. The molecule has 3 N–H and O–H groups in total. The maximum absolute atomic E-state index is 11.2. The standard InChI is InChI=1S/C10H19N3O3/c1-7(2)16-10(15)13-12-8-4-3-5-11-9(14)6-8/h7-8,12H,3-6H2,1-2H3,(H,11,14)(H,13,15). The van der Waals surface area contributed by atoms with Gasteiger partial charge in [0.1, 0.15) is 0 Å². The average molecular weight is 229 g/mol. The number of carbonyl (C=O) groups excluding carboxylic acids is 2. The lowest BCUT2D eigenvalue weighted by molar-refractivity contribution is -0.121. The second-order valence-corrected chi connectivity index (χ2v) is 4.12. The van der Waals surface area contributed by atoms with Gasteiger partial charge in [-0.2, -0.15) is 0 Å². The van der Waals surface area contributed by atoms with Crippen molar-refractivity contribution >= 4 is 12.0 Å². The van der Waals surface area contributed by atoms with Crippen LogP contribution in [0.4, 0.5) is 4.79 Å². The molecule has 6 heteroatoms. The molecule has 6 nitrogen and oxygen atoms in total. The third-order valence-corrected chi connectivity index (χ3v) is 2.20. The lowest BCUT2D eigenvalue weighted by atomic mass is 10.1. The van der Waals surface area contributed by atoms with Crippen LogP contribution in [0.2, 0.25) is 0 Å². The highest BCUT2D eigenvalue weighted by molar-refractivity contribution is 5.76. The molecule has 1 unspecified atom stereocenters. The average Bonchev–Trinajstić information content (AvgIpc) is 2.38. The van der Waals surface area contributed by atoms with E-state index in [9.17, 15) is 9.59 Å². The van der Waals surface area contributed by atoms with E-state index in [0.717, 1.165) is 12.8 Å². The SMILES string of the molecule is CC(C)OC(=O)NNC1CCCNC(=O)C1. The van der Waals surface area contributed by atoms with Crippen molar-refractivity contribution < 1.29 is 14.3 Å². The van der Waals surface area contributed by atoms with Crippen molar-refractivity contribution in [2.45, 2.75) is 45.3 Å². The van der Waals surface area contributed by atoms with Crippen LogP contribution < -0.4 is 16.2 Å². The first-order valence-electron chi connectivity index (χ1n) is 5.57. The van der Waals surface area contributed by atoms with Crippen LogP contribution in [0.1, 0.15) is 33.1 Å². The van der Waals surface area contributed by atoms with E-state index in [-0.39, 0.29) is 18.1 Å². The summed E-state index contributed by atoms with van der Waals surface area (Å²) in [6.07, 6.45) is 1.46. The van der Waals surface area contributed by atoms with E-state index in [4.69, 9.17) is 4.74 Å². The second kappa shape index (κ2) is 6.32. The van der Waals surface area contributed by atoms with Crippen molar-refractivity contribution in [2.75, 3.05) is 6.54 Å². The predicted octanol–water partition coefficient (Wildman–Crippen LogP) is 0.294. The molecule has 2 amide bonds. The van der Waals surface area contributed by atoms with Gasteiger partial charge in [0.2, 0.25) is 5.91 Å². The molecule has 0 aromatic carbocycles. The summed E-state index contributed by atoms with van der Waals surface area (Å²) in [6, 6.07) is -0.0257.